The van der Waals surface area contributed by atoms with E-state index in [4.69, 9.17) is 11.6 Å². The maximum Gasteiger partial charge on any atom is 0.261 e. The number of imide groups is 1. The van der Waals surface area contributed by atoms with Gasteiger partial charge in [-0.2, -0.15) is 0 Å². The monoisotopic (exact) mass is 385 g/mol. The molecule has 0 fully saturated rings. The Bertz CT molecular complexity index is 876. The highest BCUT2D eigenvalue weighted by Crippen LogP contribution is 2.28. The SMILES string of the molecule is CN(C)c1ccc(Cl)cc1NC(=O)CCCN1C(=O)c2ccccc2C1=O. The smallest absolute Gasteiger partial charge is 0.261 e. The minimum Gasteiger partial charge on any atom is -0.376 e. The van der Waals surface area contributed by atoms with E-state index >= 15 is 0 Å². The maximum absolute atomic E-state index is 12.3. The zero-order valence-electron chi connectivity index (χ0n) is 15.2. The van der Waals surface area contributed by atoms with E-state index in [1.165, 1.54) is 4.90 Å². The van der Waals surface area contributed by atoms with Crippen LogP contribution >= 0.6 is 11.6 Å². The average molecular weight is 386 g/mol. The van der Waals surface area contributed by atoms with Crippen LogP contribution < -0.4 is 10.2 Å². The topological polar surface area (TPSA) is 69.7 Å². The van der Waals surface area contributed by atoms with Gasteiger partial charge in [0.2, 0.25) is 5.91 Å². The number of anilines is 2. The van der Waals surface area contributed by atoms with Gasteiger partial charge in [0.15, 0.2) is 0 Å². The van der Waals surface area contributed by atoms with Gasteiger partial charge < -0.3 is 10.2 Å². The largest absolute Gasteiger partial charge is 0.376 e. The minimum absolute atomic E-state index is 0.187. The van der Waals surface area contributed by atoms with E-state index in [1.807, 2.05) is 25.1 Å². The van der Waals surface area contributed by atoms with Gasteiger partial charge in [-0.3, -0.25) is 19.3 Å². The van der Waals surface area contributed by atoms with Crippen molar-refractivity contribution in [3.8, 4) is 0 Å². The maximum atomic E-state index is 12.3. The van der Waals surface area contributed by atoms with Crippen molar-refractivity contribution in [2.45, 2.75) is 12.8 Å². The normalized spacial score (nSPS) is 12.9. The molecule has 2 aromatic carbocycles. The molecule has 140 valence electrons. The molecule has 0 bridgehead atoms. The number of nitrogens with zero attached hydrogens (tertiary/aromatic N) is 2. The number of fused-ring (bicyclic) bond motifs is 1. The first-order valence-electron chi connectivity index (χ1n) is 8.60. The van der Waals surface area contributed by atoms with E-state index in [0.29, 0.717) is 28.3 Å². The van der Waals surface area contributed by atoms with E-state index in [2.05, 4.69) is 5.32 Å². The van der Waals surface area contributed by atoms with Crippen LogP contribution in [0.5, 0.6) is 0 Å². The summed E-state index contributed by atoms with van der Waals surface area (Å²) in [5, 5.41) is 3.37. The van der Waals surface area contributed by atoms with E-state index < -0.39 is 0 Å². The highest BCUT2D eigenvalue weighted by Gasteiger charge is 2.34. The summed E-state index contributed by atoms with van der Waals surface area (Å²) >= 11 is 6.02. The molecule has 1 N–H and O–H groups in total. The molecule has 0 saturated heterocycles. The third-order valence-corrected chi connectivity index (χ3v) is 4.61. The lowest BCUT2D eigenvalue weighted by Crippen LogP contribution is -2.31. The molecule has 0 aliphatic carbocycles. The van der Waals surface area contributed by atoms with Crippen molar-refractivity contribution in [2.75, 3.05) is 30.9 Å². The second-order valence-corrected chi connectivity index (χ2v) is 6.95. The number of benzene rings is 2. The Morgan fingerprint density at radius 3 is 2.30 bits per heavy atom. The molecule has 7 heteroatoms. The first-order valence-corrected chi connectivity index (χ1v) is 8.98. The predicted molar refractivity (Wildman–Crippen MR) is 105 cm³/mol. The van der Waals surface area contributed by atoms with Crippen LogP contribution in [-0.2, 0) is 4.79 Å². The molecule has 1 heterocycles. The summed E-state index contributed by atoms with van der Waals surface area (Å²) in [4.78, 5) is 40.0. The third-order valence-electron chi connectivity index (χ3n) is 4.38. The Morgan fingerprint density at radius 1 is 1.07 bits per heavy atom. The Labute approximate surface area is 162 Å². The van der Waals surface area contributed by atoms with Gasteiger partial charge in [-0.15, -0.1) is 0 Å². The molecule has 3 rings (SSSR count). The van der Waals surface area contributed by atoms with Crippen LogP contribution in [0.1, 0.15) is 33.6 Å². The molecule has 0 radical (unpaired) electrons. The fraction of sp³-hybridized carbons (Fsp3) is 0.250. The fourth-order valence-corrected chi connectivity index (χ4v) is 3.22. The van der Waals surface area contributed by atoms with Crippen LogP contribution in [-0.4, -0.2) is 43.3 Å². The van der Waals surface area contributed by atoms with Gasteiger partial charge in [-0.1, -0.05) is 23.7 Å². The number of nitrogens with one attached hydrogen (secondary N) is 1. The van der Waals surface area contributed by atoms with Crippen LogP contribution in [0.2, 0.25) is 5.02 Å². The van der Waals surface area contributed by atoms with E-state index in [-0.39, 0.29) is 30.7 Å². The summed E-state index contributed by atoms with van der Waals surface area (Å²) < 4.78 is 0. The molecule has 0 unspecified atom stereocenters. The van der Waals surface area contributed by atoms with E-state index in [1.54, 1.807) is 36.4 Å². The molecule has 3 amide bonds. The van der Waals surface area contributed by atoms with Crippen molar-refractivity contribution >= 4 is 40.7 Å². The number of rotatable bonds is 6. The minimum atomic E-state index is -0.305. The molecule has 2 aromatic rings. The van der Waals surface area contributed by atoms with Crippen molar-refractivity contribution in [1.29, 1.82) is 0 Å². The Morgan fingerprint density at radius 2 is 1.70 bits per heavy atom. The van der Waals surface area contributed by atoms with Crippen LogP contribution in [0.15, 0.2) is 42.5 Å². The van der Waals surface area contributed by atoms with Crippen LogP contribution in [0.4, 0.5) is 11.4 Å². The van der Waals surface area contributed by atoms with Gasteiger partial charge in [0, 0.05) is 32.1 Å². The summed E-state index contributed by atoms with van der Waals surface area (Å²) in [6, 6.07) is 12.0. The summed E-state index contributed by atoms with van der Waals surface area (Å²) in [5.74, 6) is -0.807. The molecular formula is C20H20ClN3O3. The Balaban J connectivity index is 1.58. The summed E-state index contributed by atoms with van der Waals surface area (Å²) in [6.45, 7) is 0.204. The summed E-state index contributed by atoms with van der Waals surface area (Å²) in [6.07, 6.45) is 0.571. The van der Waals surface area contributed by atoms with Crippen molar-refractivity contribution in [1.82, 2.24) is 4.90 Å². The highest BCUT2D eigenvalue weighted by molar-refractivity contribution is 6.31. The van der Waals surface area contributed by atoms with Crippen molar-refractivity contribution in [2.24, 2.45) is 0 Å². The first kappa shape index (κ1) is 18.9. The number of amides is 3. The van der Waals surface area contributed by atoms with E-state index in [0.717, 1.165) is 5.69 Å². The predicted octanol–water partition coefficient (Wildman–Crippen LogP) is 3.42. The van der Waals surface area contributed by atoms with Gasteiger partial charge in [-0.05, 0) is 36.8 Å². The van der Waals surface area contributed by atoms with Gasteiger partial charge in [0.1, 0.15) is 0 Å². The summed E-state index contributed by atoms with van der Waals surface area (Å²) in [5.41, 5.74) is 2.30. The zero-order chi connectivity index (χ0) is 19.6. The van der Waals surface area contributed by atoms with Gasteiger partial charge >= 0.3 is 0 Å². The van der Waals surface area contributed by atoms with Crippen molar-refractivity contribution in [3.63, 3.8) is 0 Å². The molecule has 0 spiro atoms. The Kier molecular flexibility index (Phi) is 5.46. The van der Waals surface area contributed by atoms with Gasteiger partial charge in [0.05, 0.1) is 22.5 Å². The molecule has 0 atom stereocenters. The summed E-state index contributed by atoms with van der Waals surface area (Å²) in [7, 11) is 3.75. The lowest BCUT2D eigenvalue weighted by molar-refractivity contribution is -0.116. The standard InChI is InChI=1S/C20H20ClN3O3/c1-23(2)17-10-9-13(21)12-16(17)22-18(25)8-5-11-24-19(26)14-6-3-4-7-15(14)20(24)27/h3-4,6-7,9-10,12H,5,8,11H2,1-2H3,(H,22,25). The Hall–Kier alpha value is -2.86. The van der Waals surface area contributed by atoms with Crippen LogP contribution in [0.3, 0.4) is 0 Å². The van der Waals surface area contributed by atoms with Gasteiger partial charge in [-0.25, -0.2) is 0 Å². The number of carbonyl (C=O) groups is 3. The highest BCUT2D eigenvalue weighted by atomic mass is 35.5. The molecule has 0 aromatic heterocycles. The fourth-order valence-electron chi connectivity index (χ4n) is 3.05. The number of carbonyl (C=O) groups excluding carboxylic acids is 3. The van der Waals surface area contributed by atoms with Crippen molar-refractivity contribution < 1.29 is 14.4 Å². The van der Waals surface area contributed by atoms with Crippen molar-refractivity contribution in [3.05, 3.63) is 58.6 Å². The second kappa shape index (κ2) is 7.80. The van der Waals surface area contributed by atoms with E-state index in [9.17, 15) is 14.4 Å². The zero-order valence-corrected chi connectivity index (χ0v) is 15.9. The molecule has 27 heavy (non-hydrogen) atoms. The molecule has 1 aliphatic rings. The molecule has 6 nitrogen and oxygen atoms in total. The lowest BCUT2D eigenvalue weighted by atomic mass is 10.1. The average Bonchev–Trinajstić information content (AvgIpc) is 2.87. The number of hydrogen-bond donors (Lipinski definition) is 1. The molecule has 0 saturated carbocycles. The first-order chi connectivity index (χ1) is 12.9. The van der Waals surface area contributed by atoms with Crippen LogP contribution in [0.25, 0.3) is 0 Å². The van der Waals surface area contributed by atoms with Gasteiger partial charge in [0.25, 0.3) is 11.8 Å². The van der Waals surface area contributed by atoms with Crippen LogP contribution in [0, 0.1) is 0 Å². The number of hydrogen-bond acceptors (Lipinski definition) is 4. The quantitative estimate of drug-likeness (QED) is 0.773. The third kappa shape index (κ3) is 3.95. The lowest BCUT2D eigenvalue weighted by Gasteiger charge is -2.18. The molecule has 1 aliphatic heterocycles. The number of halogens is 1. The second-order valence-electron chi connectivity index (χ2n) is 6.52. The molecular weight excluding hydrogens is 366 g/mol.